The van der Waals surface area contributed by atoms with Crippen LogP contribution in [0.4, 0.5) is 0 Å². The molecule has 17 nitrogen and oxygen atoms in total. The van der Waals surface area contributed by atoms with Crippen LogP contribution < -0.4 is 0 Å². The van der Waals surface area contributed by atoms with Crippen LogP contribution in [0.3, 0.4) is 0 Å². The van der Waals surface area contributed by atoms with Gasteiger partial charge in [-0.3, -0.25) is 37.3 Å². The Morgan fingerprint density at radius 3 is 0.634 bits per heavy atom. The van der Waals surface area contributed by atoms with Gasteiger partial charge in [0.2, 0.25) is 0 Å². The highest BCUT2D eigenvalue weighted by Gasteiger charge is 2.31. The summed E-state index contributed by atoms with van der Waals surface area (Å²) in [6.07, 6.45) is 73.8. The standard InChI is InChI=1S/C93H182O17P2/c1-9-85(7)71-63-55-47-39-33-27-21-15-11-13-17-23-29-35-41-49-57-65-73-90(95)103-79-88(109-92(97)75-68-60-51-43-37-31-25-19-20-26-32-38-45-53-61-69-83(3)4)81-107-111(99,100)105-77-87(94)78-106-112(101,102)108-82-89(80-104-91(96)74-66-58-52-44-46-54-62-70-84(5)6)110-93(98)76-67-59-50-42-36-30-24-18-14-12-16-22-28-34-40-48-56-64-72-86(8)10-2/h83-89,94H,9-82H2,1-8H3,(H,99,100)(H,101,102)/t85?,86?,87?,88-,89-/m1/s1. The van der Waals surface area contributed by atoms with Gasteiger partial charge in [-0.1, -0.05) is 441 Å². The number of carbonyl (C=O) groups is 4. The summed E-state index contributed by atoms with van der Waals surface area (Å²) in [5.74, 6) is 1.15. The zero-order valence-electron chi connectivity index (χ0n) is 74.3. The number of esters is 4. The number of hydrogen-bond acceptors (Lipinski definition) is 15. The van der Waals surface area contributed by atoms with Gasteiger partial charge in [-0.25, -0.2) is 9.13 Å². The summed E-state index contributed by atoms with van der Waals surface area (Å²) in [5.41, 5.74) is 0. The van der Waals surface area contributed by atoms with Gasteiger partial charge in [-0.05, 0) is 49.4 Å². The predicted octanol–water partition coefficient (Wildman–Crippen LogP) is 28.7. The molecule has 0 fully saturated rings. The van der Waals surface area contributed by atoms with E-state index in [9.17, 15) is 43.2 Å². The Hall–Kier alpha value is -1.94. The number of aliphatic hydroxyl groups is 1. The van der Waals surface area contributed by atoms with Gasteiger partial charge >= 0.3 is 39.5 Å². The third-order valence-electron chi connectivity index (χ3n) is 22.5. The average molecular weight is 1630 g/mol. The van der Waals surface area contributed by atoms with Crippen molar-refractivity contribution < 1.29 is 80.2 Å². The minimum Gasteiger partial charge on any atom is -0.462 e. The molecule has 0 aromatic heterocycles. The van der Waals surface area contributed by atoms with Crippen molar-refractivity contribution in [2.24, 2.45) is 23.7 Å². The van der Waals surface area contributed by atoms with Crippen LogP contribution in [0.1, 0.15) is 492 Å². The van der Waals surface area contributed by atoms with Crippen LogP contribution in [0.2, 0.25) is 0 Å². The number of rotatable bonds is 90. The minimum absolute atomic E-state index is 0.108. The highest BCUT2D eigenvalue weighted by atomic mass is 31.2. The van der Waals surface area contributed by atoms with Gasteiger partial charge in [0.15, 0.2) is 12.2 Å². The van der Waals surface area contributed by atoms with Gasteiger partial charge in [0.1, 0.15) is 19.3 Å². The zero-order chi connectivity index (χ0) is 82.3. The van der Waals surface area contributed by atoms with Crippen molar-refractivity contribution in [3.8, 4) is 0 Å². The first kappa shape index (κ1) is 110. The summed E-state index contributed by atoms with van der Waals surface area (Å²) in [6.45, 7) is 14.4. The second kappa shape index (κ2) is 81.4. The molecule has 0 saturated carbocycles. The molecule has 0 aromatic carbocycles. The van der Waals surface area contributed by atoms with Crippen LogP contribution in [0.5, 0.6) is 0 Å². The van der Waals surface area contributed by atoms with Crippen molar-refractivity contribution in [3.63, 3.8) is 0 Å². The lowest BCUT2D eigenvalue weighted by Gasteiger charge is -2.21. The molecule has 112 heavy (non-hydrogen) atoms. The number of phosphoric ester groups is 2. The van der Waals surface area contributed by atoms with Gasteiger partial charge < -0.3 is 33.8 Å². The highest BCUT2D eigenvalue weighted by Crippen LogP contribution is 2.45. The number of carbonyl (C=O) groups excluding carboxylic acids is 4. The van der Waals surface area contributed by atoms with Crippen molar-refractivity contribution >= 4 is 39.5 Å². The minimum atomic E-state index is -4.97. The first-order chi connectivity index (χ1) is 54.2. The smallest absolute Gasteiger partial charge is 0.462 e. The second-order valence-electron chi connectivity index (χ2n) is 34.8. The lowest BCUT2D eigenvalue weighted by molar-refractivity contribution is -0.161. The Labute approximate surface area is 689 Å². The molecule has 666 valence electrons. The third kappa shape index (κ3) is 83.1. The Balaban J connectivity index is 5.20. The fourth-order valence-electron chi connectivity index (χ4n) is 14.5. The number of unbranched alkanes of at least 4 members (excludes halogenated alkanes) is 54. The van der Waals surface area contributed by atoms with E-state index in [0.717, 1.165) is 114 Å². The largest absolute Gasteiger partial charge is 0.472 e. The lowest BCUT2D eigenvalue weighted by Crippen LogP contribution is -2.30. The summed E-state index contributed by atoms with van der Waals surface area (Å²) in [6, 6.07) is 0. The number of hydrogen-bond donors (Lipinski definition) is 3. The van der Waals surface area contributed by atoms with Crippen LogP contribution in [0, 0.1) is 23.7 Å². The van der Waals surface area contributed by atoms with Gasteiger partial charge in [-0.15, -0.1) is 0 Å². The van der Waals surface area contributed by atoms with E-state index >= 15 is 0 Å². The summed E-state index contributed by atoms with van der Waals surface area (Å²) < 4.78 is 69.1. The molecule has 0 bridgehead atoms. The molecule has 7 atom stereocenters. The van der Waals surface area contributed by atoms with Crippen molar-refractivity contribution in [1.82, 2.24) is 0 Å². The quantitative estimate of drug-likeness (QED) is 0.0222. The maximum Gasteiger partial charge on any atom is 0.472 e. The molecule has 0 saturated heterocycles. The molecular formula is C93H182O17P2. The maximum absolute atomic E-state index is 13.2. The van der Waals surface area contributed by atoms with Crippen LogP contribution in [0.15, 0.2) is 0 Å². The van der Waals surface area contributed by atoms with Gasteiger partial charge in [0, 0.05) is 25.7 Å². The van der Waals surface area contributed by atoms with E-state index in [4.69, 9.17) is 37.0 Å². The van der Waals surface area contributed by atoms with Crippen LogP contribution in [-0.4, -0.2) is 96.7 Å². The van der Waals surface area contributed by atoms with Crippen molar-refractivity contribution in [3.05, 3.63) is 0 Å². The second-order valence-corrected chi connectivity index (χ2v) is 37.7. The van der Waals surface area contributed by atoms with Crippen molar-refractivity contribution in [1.29, 1.82) is 0 Å². The highest BCUT2D eigenvalue weighted by molar-refractivity contribution is 7.47. The Kier molecular flexibility index (Phi) is 80.0. The first-order valence-corrected chi connectivity index (χ1v) is 50.8. The molecule has 19 heteroatoms. The Bertz CT molecular complexity index is 2170. The SMILES string of the molecule is CCC(C)CCCCCCCCCCCCCCCCCCCCC(=O)OC[C@H](COP(=O)(O)OCC(O)COP(=O)(O)OC[C@@H](COC(=O)CCCCCCCCCC(C)C)OC(=O)CCCCCCCCCCCCCCCCCCCCC(C)CC)OC(=O)CCCCCCCCCCCCCCCCCC(C)C. The van der Waals surface area contributed by atoms with E-state index < -0.39 is 97.5 Å². The molecule has 0 aromatic rings. The predicted molar refractivity (Wildman–Crippen MR) is 464 cm³/mol. The number of ether oxygens (including phenoxy) is 4. The van der Waals surface area contributed by atoms with E-state index in [1.165, 1.54) is 289 Å². The van der Waals surface area contributed by atoms with E-state index in [2.05, 4.69) is 55.4 Å². The molecule has 0 aliphatic heterocycles. The summed E-state index contributed by atoms with van der Waals surface area (Å²) >= 11 is 0. The summed E-state index contributed by atoms with van der Waals surface area (Å²) in [7, 11) is -9.94. The Morgan fingerprint density at radius 2 is 0.429 bits per heavy atom. The van der Waals surface area contributed by atoms with Crippen molar-refractivity contribution in [2.45, 2.75) is 510 Å². The molecule has 0 amide bonds. The fraction of sp³-hybridized carbons (Fsp3) is 0.957. The van der Waals surface area contributed by atoms with Gasteiger partial charge in [-0.2, -0.15) is 0 Å². The molecule has 5 unspecified atom stereocenters. The first-order valence-electron chi connectivity index (χ1n) is 47.8. The van der Waals surface area contributed by atoms with E-state index in [0.29, 0.717) is 31.6 Å². The zero-order valence-corrected chi connectivity index (χ0v) is 76.1. The third-order valence-corrected chi connectivity index (χ3v) is 24.4. The van der Waals surface area contributed by atoms with Crippen LogP contribution in [0.25, 0.3) is 0 Å². The molecule has 0 aliphatic carbocycles. The normalized spacial score (nSPS) is 14.3. The molecule has 0 heterocycles. The fourth-order valence-corrected chi connectivity index (χ4v) is 16.1. The molecule has 0 rings (SSSR count). The maximum atomic E-state index is 13.2. The van der Waals surface area contributed by atoms with E-state index in [-0.39, 0.29) is 25.7 Å². The van der Waals surface area contributed by atoms with Gasteiger partial charge in [0.05, 0.1) is 26.4 Å². The number of aliphatic hydroxyl groups excluding tert-OH is 1. The summed E-state index contributed by atoms with van der Waals surface area (Å²) in [4.78, 5) is 73.4. The molecule has 3 N–H and O–H groups in total. The van der Waals surface area contributed by atoms with Crippen LogP contribution in [-0.2, 0) is 65.4 Å². The molecule has 0 spiro atoms. The Morgan fingerprint density at radius 1 is 0.250 bits per heavy atom. The topological polar surface area (TPSA) is 237 Å². The number of phosphoric acid groups is 2. The monoisotopic (exact) mass is 1630 g/mol. The lowest BCUT2D eigenvalue weighted by atomic mass is 9.99. The van der Waals surface area contributed by atoms with E-state index in [1.54, 1.807) is 0 Å². The summed E-state index contributed by atoms with van der Waals surface area (Å²) in [5, 5.41) is 10.7. The molecule has 0 radical (unpaired) electrons. The van der Waals surface area contributed by atoms with Crippen molar-refractivity contribution in [2.75, 3.05) is 39.6 Å². The molecular weight excluding hydrogens is 1450 g/mol. The average Bonchev–Trinajstić information content (AvgIpc) is 0.899. The van der Waals surface area contributed by atoms with Gasteiger partial charge in [0.25, 0.3) is 0 Å². The van der Waals surface area contributed by atoms with E-state index in [1.807, 2.05) is 0 Å². The van der Waals surface area contributed by atoms with Crippen LogP contribution >= 0.6 is 15.6 Å². The molecule has 0 aliphatic rings.